The van der Waals surface area contributed by atoms with Crippen molar-refractivity contribution in [1.29, 1.82) is 0 Å². The van der Waals surface area contributed by atoms with Gasteiger partial charge in [-0.25, -0.2) is 0 Å². The van der Waals surface area contributed by atoms with Crippen molar-refractivity contribution in [3.05, 3.63) is 6.92 Å². The number of rotatable bonds is 6. The summed E-state index contributed by atoms with van der Waals surface area (Å²) in [6.07, 6.45) is -2.86. The average molecular weight is 464 g/mol. The van der Waals surface area contributed by atoms with Crippen LogP contribution in [0.25, 0.3) is 0 Å². The van der Waals surface area contributed by atoms with Gasteiger partial charge in [0.2, 0.25) is 0 Å². The van der Waals surface area contributed by atoms with Crippen LogP contribution in [0.5, 0.6) is 0 Å². The number of hydrogen-bond donors (Lipinski definition) is 0. The molecule has 0 aliphatic rings. The maximum absolute atomic E-state index is 11.9. The van der Waals surface area contributed by atoms with Gasteiger partial charge in [-0.1, -0.05) is 18.8 Å². The van der Waals surface area contributed by atoms with Crippen LogP contribution in [-0.4, -0.2) is 19.4 Å². The van der Waals surface area contributed by atoms with Crippen molar-refractivity contribution in [3.63, 3.8) is 0 Å². The van der Waals surface area contributed by atoms with Gasteiger partial charge in [-0.05, 0) is 13.3 Å². The van der Waals surface area contributed by atoms with Crippen molar-refractivity contribution >= 4 is 0 Å². The second-order valence-corrected chi connectivity index (χ2v) is 2.93. The summed E-state index contributed by atoms with van der Waals surface area (Å²) in [4.78, 5) is 0. The van der Waals surface area contributed by atoms with Crippen molar-refractivity contribution in [2.45, 2.75) is 32.4 Å². The van der Waals surface area contributed by atoms with Crippen LogP contribution in [-0.2, 0) is 4.74 Å². The van der Waals surface area contributed by atoms with E-state index in [0.717, 1.165) is 0 Å². The molecule has 0 N–H and O–H groups in total. The summed E-state index contributed by atoms with van der Waals surface area (Å²) < 4.78 is 40.8. The van der Waals surface area contributed by atoms with Crippen LogP contribution in [0.4, 0.5) is 13.2 Å². The summed E-state index contributed by atoms with van der Waals surface area (Å²) in [6, 6.07) is 0. The average Bonchev–Trinajstić information content (AvgIpc) is 2.02. The summed E-state index contributed by atoms with van der Waals surface area (Å²) in [5.41, 5.74) is 0. The molecule has 0 saturated carbocycles. The molecule has 0 saturated heterocycles. The van der Waals surface area contributed by atoms with Gasteiger partial charge in [0.15, 0.2) is 0 Å². The predicted octanol–water partition coefficient (Wildman–Crippen LogP) is 3.21. The number of hydrogen-bond acceptors (Lipinski definition) is 1. The minimum Gasteiger partial charge on any atom is -0.382 e. The first-order valence-corrected chi connectivity index (χ1v) is 4.46. The Morgan fingerprint density at radius 3 is 2.29 bits per heavy atom. The van der Waals surface area contributed by atoms with Crippen LogP contribution in [0.2, 0.25) is 0 Å². The van der Waals surface area contributed by atoms with Crippen molar-refractivity contribution in [3.8, 4) is 0 Å². The molecule has 0 heterocycles. The molecule has 0 spiro atoms. The molecule has 0 radical (unpaired) electrons. The quantitative estimate of drug-likeness (QED) is 0.434. The molecule has 1 unspecified atom stereocenters. The normalized spacial score (nSPS) is 13.5. The fourth-order valence-corrected chi connectivity index (χ4v) is 0.903. The Labute approximate surface area is 77.3 Å². The Morgan fingerprint density at radius 2 is 1.86 bits per heavy atom. The van der Waals surface area contributed by atoms with E-state index >= 15 is 0 Å². The van der Waals surface area contributed by atoms with E-state index in [1.165, 1.54) is 0 Å². The smallest absolute Gasteiger partial charge is 0.365 e. The molecule has 0 aliphatic heterocycles. The first kappa shape index (κ1) is 15.2. The van der Waals surface area contributed by atoms with Gasteiger partial charge in [0, 0.05) is 13.2 Å². The molecule has 14 heavy (non-hydrogen) atoms. The monoisotopic (exact) mass is 464 g/mol. The van der Waals surface area contributed by atoms with Gasteiger partial charge in [-0.15, -0.1) is 0 Å². The van der Waals surface area contributed by atoms with E-state index in [-0.39, 0.29) is 6.42 Å². The first-order valence-electron chi connectivity index (χ1n) is 4.46. The molecule has 5 heteroatoms. The van der Waals surface area contributed by atoms with Crippen molar-refractivity contribution in [2.75, 3.05) is 13.2 Å². The number of alkyl halides is 3. The molecule has 0 amide bonds. The van der Waals surface area contributed by atoms with Crippen LogP contribution in [0.3, 0.4) is 0 Å². The zero-order chi connectivity index (χ0) is 10.3. The van der Waals surface area contributed by atoms with E-state index in [1.54, 1.807) is 0 Å². The minimum absolute atomic E-state index is 0. The predicted molar refractivity (Wildman–Crippen MR) is 45.2 cm³/mol. The molecule has 0 aromatic carbocycles. The number of unbranched alkanes of at least 4 members (excludes halogenated alkanes) is 1. The van der Waals surface area contributed by atoms with E-state index in [1.807, 2.05) is 6.92 Å². The van der Waals surface area contributed by atoms with Crippen LogP contribution in [0.15, 0.2) is 0 Å². The third-order valence-corrected chi connectivity index (χ3v) is 1.76. The largest absolute Gasteiger partial charge is 0.382 e. The second-order valence-electron chi connectivity index (χ2n) is 2.93. The fourth-order valence-electron chi connectivity index (χ4n) is 0.903. The Balaban J connectivity index is 0. The molecule has 0 aromatic rings. The SMILES string of the molecule is [CH2-]C(CCCCOCC)C(F)(F)F.[Rf]. The van der Waals surface area contributed by atoms with Gasteiger partial charge in [0.1, 0.15) is 0 Å². The number of halogens is 3. The summed E-state index contributed by atoms with van der Waals surface area (Å²) in [5, 5.41) is 0. The summed E-state index contributed by atoms with van der Waals surface area (Å²) >= 11 is 0. The Kier molecular flexibility index (Phi) is 7.81. The molecule has 0 rings (SSSR count). The minimum atomic E-state index is -4.15. The van der Waals surface area contributed by atoms with Gasteiger partial charge in [0.05, 0.1) is 0 Å². The summed E-state index contributed by atoms with van der Waals surface area (Å²) in [5.74, 6) is -1.44. The van der Waals surface area contributed by atoms with Crippen LogP contribution in [0.1, 0.15) is 26.2 Å². The zero-order valence-corrected chi connectivity index (χ0v) is 15.0. The van der Waals surface area contributed by atoms with E-state index in [9.17, 15) is 13.2 Å². The molecular weight excluding hydrogens is 448 g/mol. The second kappa shape index (κ2) is 7.18. The Bertz CT molecular complexity index is 128. The molecular formula is C9H16F3ORf-. The molecule has 0 aromatic heterocycles. The Hall–Kier alpha value is -1.25. The van der Waals surface area contributed by atoms with Crippen molar-refractivity contribution in [2.24, 2.45) is 5.92 Å². The Morgan fingerprint density at radius 1 is 1.29 bits per heavy atom. The third-order valence-electron chi connectivity index (χ3n) is 1.76. The van der Waals surface area contributed by atoms with Gasteiger partial charge in [0.25, 0.3) is 0 Å². The summed E-state index contributed by atoms with van der Waals surface area (Å²) in [7, 11) is 0. The van der Waals surface area contributed by atoms with Gasteiger partial charge < -0.3 is 11.7 Å². The molecule has 1 nitrogen and oxygen atoms in total. The fraction of sp³-hybridized carbons (Fsp3) is 0.889. The topological polar surface area (TPSA) is 9.23 Å². The molecule has 1 atom stereocenters. The van der Waals surface area contributed by atoms with E-state index in [2.05, 4.69) is 6.92 Å². The van der Waals surface area contributed by atoms with E-state index in [4.69, 9.17) is 4.74 Å². The maximum atomic E-state index is 11.9. The maximum Gasteiger partial charge on any atom is 0.365 e. The van der Waals surface area contributed by atoms with Crippen LogP contribution >= 0.6 is 0 Å². The van der Waals surface area contributed by atoms with Gasteiger partial charge in [-0.3, -0.25) is 0 Å². The van der Waals surface area contributed by atoms with E-state index < -0.39 is 12.1 Å². The molecule has 0 bridgehead atoms. The van der Waals surface area contributed by atoms with Crippen molar-refractivity contribution in [1.82, 2.24) is 0 Å². The van der Waals surface area contributed by atoms with E-state index in [0.29, 0.717) is 26.1 Å². The van der Waals surface area contributed by atoms with Crippen LogP contribution < -0.4 is 0 Å². The van der Waals surface area contributed by atoms with Gasteiger partial charge >= 0.3 is 6.18 Å². The third kappa shape index (κ3) is 7.40. The number of ether oxygens (including phenoxy) is 1. The molecule has 0 aliphatic carbocycles. The standard InChI is InChI=1S/C9H16F3O.Rf/c1-3-13-7-5-4-6-8(2)9(10,11)12;/h8H,2-7H2,1H3;/q-1;. The summed E-state index contributed by atoms with van der Waals surface area (Å²) in [6.45, 7) is 6.08. The first-order chi connectivity index (χ1) is 5.98. The molecule has 82 valence electrons. The van der Waals surface area contributed by atoms with Gasteiger partial charge in [-0.2, -0.15) is 13.2 Å². The van der Waals surface area contributed by atoms with Crippen LogP contribution in [0, 0.1) is 12.8 Å². The van der Waals surface area contributed by atoms with Crippen molar-refractivity contribution < 1.29 is 17.9 Å². The molecule has 0 fully saturated rings. The zero-order valence-electron chi connectivity index (χ0n) is 8.57.